The van der Waals surface area contributed by atoms with Crippen molar-refractivity contribution < 1.29 is 0 Å². The average Bonchev–Trinajstić information content (AvgIpc) is 2.49. The molecule has 3 heteroatoms. The second-order valence-electron chi connectivity index (χ2n) is 5.06. The van der Waals surface area contributed by atoms with Crippen LogP contribution in [0.3, 0.4) is 0 Å². The first kappa shape index (κ1) is 15.9. The Labute approximate surface area is 139 Å². The first-order chi connectivity index (χ1) is 9.61. The van der Waals surface area contributed by atoms with Crippen molar-refractivity contribution in [2.45, 2.75) is 25.2 Å². The van der Waals surface area contributed by atoms with Crippen LogP contribution in [0.25, 0.3) is 0 Å². The largest absolute Gasteiger partial charge is 0.0918 e. The van der Waals surface area contributed by atoms with Crippen molar-refractivity contribution in [2.75, 3.05) is 5.33 Å². The Morgan fingerprint density at radius 2 is 1.70 bits per heavy atom. The SMILES string of the molecule is CCC(CBr)(Cc1ccc(Cl)c(Cl)c1)c1ccccc1. The van der Waals surface area contributed by atoms with Gasteiger partial charge in [-0.1, -0.05) is 82.5 Å². The molecule has 0 bridgehead atoms. The molecule has 0 spiro atoms. The zero-order valence-electron chi connectivity index (χ0n) is 11.4. The topological polar surface area (TPSA) is 0 Å². The Hall–Kier alpha value is -0.500. The maximum atomic E-state index is 6.13. The summed E-state index contributed by atoms with van der Waals surface area (Å²) < 4.78 is 0. The maximum absolute atomic E-state index is 6.13. The molecule has 2 aromatic carbocycles. The summed E-state index contributed by atoms with van der Waals surface area (Å²) in [6, 6.07) is 16.5. The van der Waals surface area contributed by atoms with Crippen LogP contribution in [0.4, 0.5) is 0 Å². The summed E-state index contributed by atoms with van der Waals surface area (Å²) in [7, 11) is 0. The molecular formula is C17H17BrCl2. The summed E-state index contributed by atoms with van der Waals surface area (Å²) in [5, 5.41) is 2.15. The van der Waals surface area contributed by atoms with Crippen LogP contribution in [0.15, 0.2) is 48.5 Å². The molecule has 0 fully saturated rings. The van der Waals surface area contributed by atoms with Crippen LogP contribution in [0.1, 0.15) is 24.5 Å². The highest BCUT2D eigenvalue weighted by Gasteiger charge is 2.29. The fourth-order valence-corrected chi connectivity index (χ4v) is 3.72. The van der Waals surface area contributed by atoms with Crippen molar-refractivity contribution in [3.8, 4) is 0 Å². The van der Waals surface area contributed by atoms with E-state index in [0.717, 1.165) is 18.2 Å². The minimum atomic E-state index is 0.0818. The summed E-state index contributed by atoms with van der Waals surface area (Å²) in [5.74, 6) is 0. The molecule has 0 aromatic heterocycles. The lowest BCUT2D eigenvalue weighted by molar-refractivity contribution is 0.464. The molecule has 20 heavy (non-hydrogen) atoms. The molecule has 0 aliphatic heterocycles. The van der Waals surface area contributed by atoms with Crippen molar-refractivity contribution in [3.63, 3.8) is 0 Å². The maximum Gasteiger partial charge on any atom is 0.0595 e. The molecule has 0 N–H and O–H groups in total. The highest BCUT2D eigenvalue weighted by Crippen LogP contribution is 2.35. The first-order valence-electron chi connectivity index (χ1n) is 6.67. The van der Waals surface area contributed by atoms with Gasteiger partial charge in [-0.2, -0.15) is 0 Å². The van der Waals surface area contributed by atoms with E-state index in [2.05, 4.69) is 59.3 Å². The second kappa shape index (κ2) is 6.98. The third-order valence-corrected chi connectivity index (χ3v) is 5.66. The third-order valence-electron chi connectivity index (χ3n) is 3.85. The predicted molar refractivity (Wildman–Crippen MR) is 92.4 cm³/mol. The quantitative estimate of drug-likeness (QED) is 0.542. The molecule has 1 atom stereocenters. The van der Waals surface area contributed by atoms with Gasteiger partial charge in [-0.05, 0) is 36.1 Å². The Balaban J connectivity index is 2.36. The van der Waals surface area contributed by atoms with Crippen LogP contribution in [0, 0.1) is 0 Å². The number of rotatable bonds is 5. The van der Waals surface area contributed by atoms with Gasteiger partial charge in [0.25, 0.3) is 0 Å². The normalized spacial score (nSPS) is 14.0. The van der Waals surface area contributed by atoms with Gasteiger partial charge in [-0.25, -0.2) is 0 Å². The van der Waals surface area contributed by atoms with Crippen molar-refractivity contribution in [2.24, 2.45) is 0 Å². The van der Waals surface area contributed by atoms with E-state index in [-0.39, 0.29) is 5.41 Å². The smallest absolute Gasteiger partial charge is 0.0595 e. The van der Waals surface area contributed by atoms with Crippen molar-refractivity contribution in [3.05, 3.63) is 69.7 Å². The van der Waals surface area contributed by atoms with E-state index in [9.17, 15) is 0 Å². The van der Waals surface area contributed by atoms with Gasteiger partial charge >= 0.3 is 0 Å². The Kier molecular flexibility index (Phi) is 5.54. The molecule has 0 nitrogen and oxygen atoms in total. The van der Waals surface area contributed by atoms with E-state index >= 15 is 0 Å². The van der Waals surface area contributed by atoms with E-state index in [1.54, 1.807) is 0 Å². The second-order valence-corrected chi connectivity index (χ2v) is 6.43. The number of alkyl halides is 1. The summed E-state index contributed by atoms with van der Waals surface area (Å²) in [4.78, 5) is 0. The Morgan fingerprint density at radius 3 is 2.25 bits per heavy atom. The van der Waals surface area contributed by atoms with Crippen LogP contribution in [0.2, 0.25) is 10.0 Å². The van der Waals surface area contributed by atoms with Gasteiger partial charge < -0.3 is 0 Å². The first-order valence-corrected chi connectivity index (χ1v) is 8.54. The highest BCUT2D eigenvalue weighted by molar-refractivity contribution is 9.09. The fourth-order valence-electron chi connectivity index (χ4n) is 2.48. The van der Waals surface area contributed by atoms with Gasteiger partial charge in [-0.15, -0.1) is 0 Å². The zero-order chi connectivity index (χ0) is 14.6. The summed E-state index contributed by atoms with van der Waals surface area (Å²) in [6.07, 6.45) is 2.00. The van der Waals surface area contributed by atoms with Crippen molar-refractivity contribution in [1.82, 2.24) is 0 Å². The van der Waals surface area contributed by atoms with Crippen LogP contribution in [-0.4, -0.2) is 5.33 Å². The van der Waals surface area contributed by atoms with E-state index < -0.39 is 0 Å². The number of hydrogen-bond acceptors (Lipinski definition) is 0. The molecule has 0 radical (unpaired) electrons. The average molecular weight is 372 g/mol. The van der Waals surface area contributed by atoms with E-state index in [4.69, 9.17) is 23.2 Å². The van der Waals surface area contributed by atoms with E-state index in [1.165, 1.54) is 11.1 Å². The zero-order valence-corrected chi connectivity index (χ0v) is 14.5. The molecule has 2 aromatic rings. The number of halogens is 3. The molecule has 106 valence electrons. The molecule has 1 unspecified atom stereocenters. The molecule has 0 aliphatic carbocycles. The molecule has 0 saturated carbocycles. The van der Waals surface area contributed by atoms with Gasteiger partial charge in [0.1, 0.15) is 0 Å². The van der Waals surface area contributed by atoms with Gasteiger partial charge in [0.15, 0.2) is 0 Å². The molecule has 0 amide bonds. The molecule has 0 aliphatic rings. The van der Waals surface area contributed by atoms with Crippen LogP contribution in [-0.2, 0) is 11.8 Å². The predicted octanol–water partition coefficient (Wildman–Crippen LogP) is 6.28. The third kappa shape index (κ3) is 3.39. The van der Waals surface area contributed by atoms with E-state index in [0.29, 0.717) is 10.0 Å². The van der Waals surface area contributed by atoms with Crippen LogP contribution >= 0.6 is 39.1 Å². The lowest BCUT2D eigenvalue weighted by atomic mass is 9.75. The van der Waals surface area contributed by atoms with Crippen LogP contribution in [0.5, 0.6) is 0 Å². The fraction of sp³-hybridized carbons (Fsp3) is 0.294. The molecular weight excluding hydrogens is 355 g/mol. The lowest BCUT2D eigenvalue weighted by Crippen LogP contribution is -2.30. The molecule has 0 saturated heterocycles. The lowest BCUT2D eigenvalue weighted by Gasteiger charge is -2.32. The van der Waals surface area contributed by atoms with Crippen molar-refractivity contribution >= 4 is 39.1 Å². The Bertz CT molecular complexity index is 562. The molecule has 2 rings (SSSR count). The van der Waals surface area contributed by atoms with Gasteiger partial charge in [0, 0.05) is 10.7 Å². The van der Waals surface area contributed by atoms with Gasteiger partial charge in [0.2, 0.25) is 0 Å². The van der Waals surface area contributed by atoms with Gasteiger partial charge in [-0.3, -0.25) is 0 Å². The Morgan fingerprint density at radius 1 is 1.00 bits per heavy atom. The standard InChI is InChI=1S/C17H17BrCl2/c1-2-17(12-18,14-6-4-3-5-7-14)11-13-8-9-15(19)16(20)10-13/h3-10H,2,11-12H2,1H3. The minimum absolute atomic E-state index is 0.0818. The van der Waals surface area contributed by atoms with E-state index in [1.807, 2.05) is 12.1 Å². The minimum Gasteiger partial charge on any atom is -0.0918 e. The summed E-state index contributed by atoms with van der Waals surface area (Å²) in [5.41, 5.74) is 2.65. The monoisotopic (exact) mass is 370 g/mol. The summed E-state index contributed by atoms with van der Waals surface area (Å²) in [6.45, 7) is 2.23. The number of benzene rings is 2. The summed E-state index contributed by atoms with van der Waals surface area (Å²) >= 11 is 15.8. The number of hydrogen-bond donors (Lipinski definition) is 0. The van der Waals surface area contributed by atoms with Crippen LogP contribution < -0.4 is 0 Å². The van der Waals surface area contributed by atoms with Gasteiger partial charge in [0.05, 0.1) is 10.0 Å². The molecule has 0 heterocycles. The van der Waals surface area contributed by atoms with Crippen molar-refractivity contribution in [1.29, 1.82) is 0 Å². The highest BCUT2D eigenvalue weighted by atomic mass is 79.9.